The summed E-state index contributed by atoms with van der Waals surface area (Å²) >= 11 is 6.06. The summed E-state index contributed by atoms with van der Waals surface area (Å²) in [6.45, 7) is 12.1. The SMILES string of the molecule is CCCCP(=O)(CC(O[Si](C)(C)C)(C(=O)OCC)c1ccc(Cl)cc1)OCC. The van der Waals surface area contributed by atoms with Crippen molar-refractivity contribution in [2.75, 3.05) is 25.5 Å². The molecule has 1 aromatic carbocycles. The van der Waals surface area contributed by atoms with Gasteiger partial charge in [0.15, 0.2) is 13.9 Å². The van der Waals surface area contributed by atoms with Crippen molar-refractivity contribution in [3.63, 3.8) is 0 Å². The van der Waals surface area contributed by atoms with E-state index < -0.39 is 27.3 Å². The van der Waals surface area contributed by atoms with Gasteiger partial charge in [0.1, 0.15) is 0 Å². The van der Waals surface area contributed by atoms with E-state index in [-0.39, 0.29) is 12.8 Å². The summed E-state index contributed by atoms with van der Waals surface area (Å²) < 4.78 is 31.3. The lowest BCUT2D eigenvalue weighted by Crippen LogP contribution is -2.50. The summed E-state index contributed by atoms with van der Waals surface area (Å²) in [6, 6.07) is 6.90. The van der Waals surface area contributed by atoms with E-state index in [0.29, 0.717) is 23.4 Å². The average molecular weight is 449 g/mol. The largest absolute Gasteiger partial charge is 0.464 e. The first-order valence-corrected chi connectivity index (χ1v) is 15.7. The van der Waals surface area contributed by atoms with Gasteiger partial charge in [0, 0.05) is 11.2 Å². The lowest BCUT2D eigenvalue weighted by Gasteiger charge is -2.39. The Hall–Kier alpha value is -0.653. The number of carbonyl (C=O) groups is 1. The fourth-order valence-corrected chi connectivity index (χ4v) is 7.33. The molecule has 0 heterocycles. The van der Waals surface area contributed by atoms with Gasteiger partial charge in [-0.15, -0.1) is 0 Å². The molecule has 0 bridgehead atoms. The zero-order valence-electron chi connectivity index (χ0n) is 17.9. The molecule has 0 amide bonds. The Morgan fingerprint density at radius 3 is 2.18 bits per heavy atom. The van der Waals surface area contributed by atoms with Gasteiger partial charge in [-0.1, -0.05) is 37.1 Å². The van der Waals surface area contributed by atoms with Crippen molar-refractivity contribution in [1.82, 2.24) is 0 Å². The molecule has 8 heteroatoms. The van der Waals surface area contributed by atoms with Gasteiger partial charge in [0.25, 0.3) is 0 Å². The van der Waals surface area contributed by atoms with Gasteiger partial charge in [-0.25, -0.2) is 4.79 Å². The average Bonchev–Trinajstić information content (AvgIpc) is 2.59. The predicted molar refractivity (Wildman–Crippen MR) is 118 cm³/mol. The Kier molecular flexibility index (Phi) is 9.91. The van der Waals surface area contributed by atoms with Crippen LogP contribution >= 0.6 is 19.0 Å². The number of benzene rings is 1. The molecule has 2 atom stereocenters. The minimum atomic E-state index is -3.13. The maximum absolute atomic E-state index is 13.7. The number of unbranched alkanes of at least 4 members (excludes halogenated alkanes) is 1. The van der Waals surface area contributed by atoms with Crippen molar-refractivity contribution in [1.29, 1.82) is 0 Å². The van der Waals surface area contributed by atoms with Crippen LogP contribution in [0.15, 0.2) is 24.3 Å². The van der Waals surface area contributed by atoms with Crippen LogP contribution in [-0.4, -0.2) is 39.8 Å². The number of carbonyl (C=O) groups excluding carboxylic acids is 1. The molecule has 28 heavy (non-hydrogen) atoms. The Bertz CT molecular complexity index is 674. The van der Waals surface area contributed by atoms with Crippen LogP contribution in [-0.2, 0) is 28.6 Å². The molecule has 0 fully saturated rings. The zero-order valence-corrected chi connectivity index (χ0v) is 20.6. The Balaban J connectivity index is 3.58. The van der Waals surface area contributed by atoms with Crippen molar-refractivity contribution < 1.29 is 23.0 Å². The molecular formula is C20H34ClO5PSi. The molecule has 0 N–H and O–H groups in total. The molecule has 0 aliphatic carbocycles. The topological polar surface area (TPSA) is 61.8 Å². The molecule has 0 saturated heterocycles. The second-order valence-corrected chi connectivity index (χ2v) is 15.3. The second-order valence-electron chi connectivity index (χ2n) is 7.74. The van der Waals surface area contributed by atoms with Crippen LogP contribution < -0.4 is 0 Å². The number of ether oxygens (including phenoxy) is 1. The third kappa shape index (κ3) is 7.31. The fraction of sp³-hybridized carbons (Fsp3) is 0.650. The standard InChI is InChI=1S/C20H34ClO5PSi/c1-7-10-15-27(23,25-9-3)16-20(19(22)24-8-2,26-28(4,5)6)17-11-13-18(21)14-12-17/h11-14H,7-10,15-16H2,1-6H3. The summed E-state index contributed by atoms with van der Waals surface area (Å²) in [7, 11) is -5.38. The first kappa shape index (κ1) is 25.4. The highest BCUT2D eigenvalue weighted by atomic mass is 35.5. The second kappa shape index (κ2) is 10.9. The van der Waals surface area contributed by atoms with Crippen molar-refractivity contribution in [3.8, 4) is 0 Å². The summed E-state index contributed by atoms with van der Waals surface area (Å²) in [5, 5.41) is 0.550. The minimum absolute atomic E-state index is 0.0431. The molecule has 0 aliphatic rings. The molecule has 0 saturated carbocycles. The number of esters is 1. The van der Waals surface area contributed by atoms with Crippen LogP contribution in [0.2, 0.25) is 24.7 Å². The van der Waals surface area contributed by atoms with Crippen molar-refractivity contribution in [2.24, 2.45) is 0 Å². The van der Waals surface area contributed by atoms with Crippen LogP contribution in [0.5, 0.6) is 0 Å². The third-order valence-electron chi connectivity index (χ3n) is 4.08. The van der Waals surface area contributed by atoms with Gasteiger partial charge in [0.05, 0.1) is 19.4 Å². The predicted octanol–water partition coefficient (Wildman–Crippen LogP) is 6.06. The van der Waals surface area contributed by atoms with Crippen molar-refractivity contribution in [3.05, 3.63) is 34.9 Å². The number of rotatable bonds is 12. The molecule has 0 spiro atoms. The summed E-state index contributed by atoms with van der Waals surface area (Å²) in [5.41, 5.74) is -0.891. The van der Waals surface area contributed by atoms with Gasteiger partial charge >= 0.3 is 5.97 Å². The van der Waals surface area contributed by atoms with E-state index in [0.717, 1.165) is 12.8 Å². The van der Waals surface area contributed by atoms with Crippen molar-refractivity contribution in [2.45, 2.75) is 58.9 Å². The van der Waals surface area contributed by atoms with E-state index >= 15 is 0 Å². The monoisotopic (exact) mass is 448 g/mol. The zero-order chi connectivity index (χ0) is 21.4. The maximum atomic E-state index is 13.7. The van der Waals surface area contributed by atoms with Gasteiger partial charge < -0.3 is 13.7 Å². The van der Waals surface area contributed by atoms with Gasteiger partial charge in [-0.2, -0.15) is 0 Å². The summed E-state index contributed by atoms with van der Waals surface area (Å²) in [5.74, 6) is -0.531. The van der Waals surface area contributed by atoms with E-state index in [1.54, 1.807) is 31.2 Å². The lowest BCUT2D eigenvalue weighted by molar-refractivity contribution is -0.162. The lowest BCUT2D eigenvalue weighted by atomic mass is 9.96. The minimum Gasteiger partial charge on any atom is -0.464 e. The highest BCUT2D eigenvalue weighted by molar-refractivity contribution is 7.59. The Morgan fingerprint density at radius 2 is 1.71 bits per heavy atom. The van der Waals surface area contributed by atoms with E-state index in [9.17, 15) is 9.36 Å². The molecule has 1 rings (SSSR count). The normalized spacial score (nSPS) is 16.2. The molecule has 0 radical (unpaired) electrons. The van der Waals surface area contributed by atoms with E-state index in [1.165, 1.54) is 0 Å². The first-order valence-electron chi connectivity index (χ1n) is 9.88. The van der Waals surface area contributed by atoms with E-state index in [4.69, 9.17) is 25.3 Å². The number of halogens is 1. The van der Waals surface area contributed by atoms with Crippen LogP contribution in [0.4, 0.5) is 0 Å². The highest BCUT2D eigenvalue weighted by Gasteiger charge is 2.50. The third-order valence-corrected chi connectivity index (χ3v) is 7.94. The Morgan fingerprint density at radius 1 is 1.11 bits per heavy atom. The molecule has 160 valence electrons. The maximum Gasteiger partial charge on any atom is 0.342 e. The summed E-state index contributed by atoms with van der Waals surface area (Å²) in [4.78, 5) is 13.2. The summed E-state index contributed by atoms with van der Waals surface area (Å²) in [6.07, 6.45) is 2.00. The van der Waals surface area contributed by atoms with Gasteiger partial charge in [-0.3, -0.25) is 4.57 Å². The van der Waals surface area contributed by atoms with Crippen LogP contribution in [0, 0.1) is 0 Å². The Labute approximate surface area is 175 Å². The fourth-order valence-electron chi connectivity index (χ4n) is 3.06. The number of hydrogen-bond acceptors (Lipinski definition) is 5. The quantitative estimate of drug-likeness (QED) is 0.221. The van der Waals surface area contributed by atoms with Crippen molar-refractivity contribution >= 4 is 33.3 Å². The van der Waals surface area contributed by atoms with E-state index in [1.807, 2.05) is 33.5 Å². The smallest absolute Gasteiger partial charge is 0.342 e. The van der Waals surface area contributed by atoms with Crippen LogP contribution in [0.3, 0.4) is 0 Å². The molecule has 5 nitrogen and oxygen atoms in total. The van der Waals surface area contributed by atoms with E-state index in [2.05, 4.69) is 0 Å². The molecular weight excluding hydrogens is 415 g/mol. The highest BCUT2D eigenvalue weighted by Crippen LogP contribution is 2.54. The van der Waals surface area contributed by atoms with Crippen LogP contribution in [0.1, 0.15) is 39.2 Å². The molecule has 2 unspecified atom stereocenters. The molecule has 1 aromatic rings. The first-order chi connectivity index (χ1) is 13.0. The van der Waals surface area contributed by atoms with Gasteiger partial charge in [0.2, 0.25) is 7.37 Å². The number of hydrogen-bond donors (Lipinski definition) is 0. The van der Waals surface area contributed by atoms with Crippen LogP contribution in [0.25, 0.3) is 0 Å². The molecule has 0 aromatic heterocycles. The molecule has 0 aliphatic heterocycles. The van der Waals surface area contributed by atoms with Gasteiger partial charge in [-0.05, 0) is 57.6 Å².